The van der Waals surface area contributed by atoms with Gasteiger partial charge in [-0.25, -0.2) is 0 Å². The quantitative estimate of drug-likeness (QED) is 0.126. The number of amides is 1. The number of carbonyl (C=O) groups excluding carboxylic acids is 1. The predicted octanol–water partition coefficient (Wildman–Crippen LogP) is 6.66. The predicted molar refractivity (Wildman–Crippen MR) is 123 cm³/mol. The molecular formula is C24H47N3O. The number of guanidine groups is 1. The Morgan fingerprint density at radius 1 is 0.964 bits per heavy atom. The van der Waals surface area contributed by atoms with E-state index in [0.717, 1.165) is 31.7 Å². The third-order valence-corrected chi connectivity index (χ3v) is 5.23. The van der Waals surface area contributed by atoms with Crippen molar-refractivity contribution in [2.24, 2.45) is 5.92 Å². The zero-order valence-corrected chi connectivity index (χ0v) is 19.2. The highest BCUT2D eigenvalue weighted by Crippen LogP contribution is 2.15. The molecule has 0 aliphatic carbocycles. The average molecular weight is 394 g/mol. The number of unbranched alkanes of at least 4 members (excludes halogenated alkanes) is 8. The summed E-state index contributed by atoms with van der Waals surface area (Å²) < 4.78 is 0. The number of hydrogen-bond acceptors (Lipinski definition) is 2. The van der Waals surface area contributed by atoms with Crippen molar-refractivity contribution in [2.45, 2.75) is 111 Å². The van der Waals surface area contributed by atoms with Crippen molar-refractivity contribution in [2.75, 3.05) is 13.6 Å². The SMILES string of the molecule is CCCCCCC(C)C/C=C\CCCCCCCC(=O)NC(=N)N(C)CCC. The standard InChI is InChI=1S/C24H47N3O/c1-5-7-8-15-18-22(3)19-16-13-11-9-10-12-14-17-20-23(28)26-24(25)27(4)21-6-2/h13,16,22H,5-12,14-15,17-21H2,1-4H3,(H2,25,26,28)/b16-13-. The molecule has 2 N–H and O–H groups in total. The molecule has 164 valence electrons. The Hall–Kier alpha value is -1.32. The van der Waals surface area contributed by atoms with Gasteiger partial charge >= 0.3 is 0 Å². The molecule has 0 radical (unpaired) electrons. The number of allylic oxidation sites excluding steroid dienone is 2. The summed E-state index contributed by atoms with van der Waals surface area (Å²) in [5.74, 6) is 1.01. The Balaban J connectivity index is 3.49. The molecule has 0 aromatic rings. The zero-order valence-electron chi connectivity index (χ0n) is 19.2. The van der Waals surface area contributed by atoms with E-state index in [4.69, 9.17) is 5.41 Å². The normalized spacial score (nSPS) is 12.3. The van der Waals surface area contributed by atoms with E-state index in [9.17, 15) is 4.79 Å². The minimum atomic E-state index is -0.0281. The molecule has 0 bridgehead atoms. The summed E-state index contributed by atoms with van der Waals surface area (Å²) in [5, 5.41) is 10.5. The van der Waals surface area contributed by atoms with Gasteiger partial charge in [-0.1, -0.05) is 84.3 Å². The van der Waals surface area contributed by atoms with Crippen LogP contribution < -0.4 is 5.32 Å². The number of nitrogens with zero attached hydrogens (tertiary/aromatic N) is 1. The molecule has 0 heterocycles. The Bertz CT molecular complexity index is 420. The van der Waals surface area contributed by atoms with Gasteiger partial charge in [0.1, 0.15) is 0 Å². The molecule has 0 saturated heterocycles. The number of nitrogens with one attached hydrogen (secondary N) is 2. The smallest absolute Gasteiger partial charge is 0.226 e. The molecular weight excluding hydrogens is 346 g/mol. The van der Waals surface area contributed by atoms with Gasteiger partial charge in [0, 0.05) is 20.0 Å². The van der Waals surface area contributed by atoms with Crippen molar-refractivity contribution in [3.8, 4) is 0 Å². The molecule has 0 aromatic heterocycles. The van der Waals surface area contributed by atoms with E-state index in [2.05, 4.69) is 38.2 Å². The molecule has 1 atom stereocenters. The third kappa shape index (κ3) is 16.8. The van der Waals surface area contributed by atoms with Crippen LogP contribution >= 0.6 is 0 Å². The second-order valence-electron chi connectivity index (χ2n) is 8.29. The summed E-state index contributed by atoms with van der Waals surface area (Å²) in [7, 11) is 1.84. The number of carbonyl (C=O) groups is 1. The van der Waals surface area contributed by atoms with Gasteiger partial charge in [-0.3, -0.25) is 15.5 Å². The first-order valence-electron chi connectivity index (χ1n) is 11.8. The van der Waals surface area contributed by atoms with Crippen LogP contribution in [0.15, 0.2) is 12.2 Å². The fraction of sp³-hybridized carbons (Fsp3) is 0.833. The summed E-state index contributed by atoms with van der Waals surface area (Å²) in [6.45, 7) is 7.50. The molecule has 0 fully saturated rings. The lowest BCUT2D eigenvalue weighted by molar-refractivity contribution is -0.120. The van der Waals surface area contributed by atoms with E-state index in [-0.39, 0.29) is 11.9 Å². The van der Waals surface area contributed by atoms with Crippen molar-refractivity contribution in [1.82, 2.24) is 10.2 Å². The third-order valence-electron chi connectivity index (χ3n) is 5.23. The van der Waals surface area contributed by atoms with Crippen LogP contribution in [0, 0.1) is 11.3 Å². The van der Waals surface area contributed by atoms with Crippen LogP contribution in [0.2, 0.25) is 0 Å². The molecule has 1 unspecified atom stereocenters. The summed E-state index contributed by atoms with van der Waals surface area (Å²) in [6, 6.07) is 0. The summed E-state index contributed by atoms with van der Waals surface area (Å²) in [4.78, 5) is 13.6. The average Bonchev–Trinajstić information content (AvgIpc) is 2.66. The minimum absolute atomic E-state index is 0.0281. The van der Waals surface area contributed by atoms with Crippen LogP contribution in [-0.4, -0.2) is 30.4 Å². The summed E-state index contributed by atoms with van der Waals surface area (Å²) in [5.41, 5.74) is 0. The fourth-order valence-corrected chi connectivity index (χ4v) is 3.30. The second-order valence-corrected chi connectivity index (χ2v) is 8.29. The molecule has 0 aromatic carbocycles. The minimum Gasteiger partial charge on any atom is -0.346 e. The van der Waals surface area contributed by atoms with Crippen LogP contribution in [0.1, 0.15) is 111 Å². The van der Waals surface area contributed by atoms with Gasteiger partial charge in [-0.15, -0.1) is 0 Å². The van der Waals surface area contributed by atoms with E-state index in [1.54, 1.807) is 4.90 Å². The fourth-order valence-electron chi connectivity index (χ4n) is 3.30. The van der Waals surface area contributed by atoms with E-state index < -0.39 is 0 Å². The van der Waals surface area contributed by atoms with Gasteiger partial charge in [0.05, 0.1) is 0 Å². The first-order chi connectivity index (χ1) is 13.5. The second kappa shape index (κ2) is 19.0. The van der Waals surface area contributed by atoms with Crippen LogP contribution in [0.4, 0.5) is 0 Å². The summed E-state index contributed by atoms with van der Waals surface area (Å²) in [6.07, 6.45) is 21.2. The molecule has 4 nitrogen and oxygen atoms in total. The lowest BCUT2D eigenvalue weighted by Crippen LogP contribution is -2.41. The lowest BCUT2D eigenvalue weighted by Gasteiger charge is -2.19. The van der Waals surface area contributed by atoms with Crippen molar-refractivity contribution >= 4 is 11.9 Å². The van der Waals surface area contributed by atoms with Crippen LogP contribution in [0.25, 0.3) is 0 Å². The van der Waals surface area contributed by atoms with Crippen LogP contribution in [0.3, 0.4) is 0 Å². The first kappa shape index (κ1) is 26.7. The summed E-state index contributed by atoms with van der Waals surface area (Å²) >= 11 is 0. The van der Waals surface area contributed by atoms with Crippen molar-refractivity contribution in [1.29, 1.82) is 5.41 Å². The maximum absolute atomic E-state index is 11.8. The maximum Gasteiger partial charge on any atom is 0.226 e. The molecule has 0 spiro atoms. The van der Waals surface area contributed by atoms with E-state index in [1.807, 2.05) is 7.05 Å². The first-order valence-corrected chi connectivity index (χ1v) is 11.8. The molecule has 28 heavy (non-hydrogen) atoms. The van der Waals surface area contributed by atoms with Crippen molar-refractivity contribution < 1.29 is 4.79 Å². The van der Waals surface area contributed by atoms with Gasteiger partial charge in [-0.2, -0.15) is 0 Å². The van der Waals surface area contributed by atoms with E-state index in [1.165, 1.54) is 64.2 Å². The Kier molecular flexibility index (Phi) is 18.1. The van der Waals surface area contributed by atoms with E-state index >= 15 is 0 Å². The van der Waals surface area contributed by atoms with Gasteiger partial charge in [0.15, 0.2) is 5.96 Å². The Morgan fingerprint density at radius 2 is 1.64 bits per heavy atom. The van der Waals surface area contributed by atoms with Gasteiger partial charge in [0.25, 0.3) is 0 Å². The molecule has 0 aliphatic heterocycles. The monoisotopic (exact) mass is 393 g/mol. The van der Waals surface area contributed by atoms with Crippen molar-refractivity contribution in [3.63, 3.8) is 0 Å². The molecule has 0 aliphatic rings. The Morgan fingerprint density at radius 3 is 2.36 bits per heavy atom. The van der Waals surface area contributed by atoms with Crippen LogP contribution in [-0.2, 0) is 4.79 Å². The highest BCUT2D eigenvalue weighted by molar-refractivity contribution is 5.95. The van der Waals surface area contributed by atoms with Crippen LogP contribution in [0.5, 0.6) is 0 Å². The Labute approximate surface area is 175 Å². The number of hydrogen-bond donors (Lipinski definition) is 2. The topological polar surface area (TPSA) is 56.2 Å². The van der Waals surface area contributed by atoms with Gasteiger partial charge in [-0.05, 0) is 38.0 Å². The number of rotatable bonds is 17. The largest absolute Gasteiger partial charge is 0.346 e. The highest BCUT2D eigenvalue weighted by atomic mass is 16.1. The van der Waals surface area contributed by atoms with E-state index in [0.29, 0.717) is 6.42 Å². The van der Waals surface area contributed by atoms with Gasteiger partial charge < -0.3 is 4.90 Å². The zero-order chi connectivity index (χ0) is 21.0. The molecule has 1 amide bonds. The van der Waals surface area contributed by atoms with Gasteiger partial charge in [0.2, 0.25) is 5.91 Å². The molecule has 0 saturated carbocycles. The molecule has 0 rings (SSSR count). The lowest BCUT2D eigenvalue weighted by atomic mass is 9.99. The highest BCUT2D eigenvalue weighted by Gasteiger charge is 2.07. The van der Waals surface area contributed by atoms with Crippen molar-refractivity contribution in [3.05, 3.63) is 12.2 Å². The maximum atomic E-state index is 11.8. The molecule has 4 heteroatoms.